The van der Waals surface area contributed by atoms with Crippen molar-refractivity contribution in [1.29, 1.82) is 0 Å². The van der Waals surface area contributed by atoms with Gasteiger partial charge in [0.2, 0.25) is 0 Å². The van der Waals surface area contributed by atoms with E-state index in [2.05, 4.69) is 10.3 Å². The molecule has 0 aliphatic carbocycles. The summed E-state index contributed by atoms with van der Waals surface area (Å²) in [4.78, 5) is 24.6. The number of hydrogen-bond donors (Lipinski definition) is 3. The summed E-state index contributed by atoms with van der Waals surface area (Å²) in [6.45, 7) is 0.470. The maximum Gasteiger partial charge on any atom is 0.338 e. The van der Waals surface area contributed by atoms with E-state index >= 15 is 0 Å². The van der Waals surface area contributed by atoms with Gasteiger partial charge in [-0.05, 0) is 36.2 Å². The van der Waals surface area contributed by atoms with Gasteiger partial charge in [0.05, 0.1) is 10.5 Å². The fraction of sp³-hybridized carbons (Fsp3) is 0.118. The van der Waals surface area contributed by atoms with Crippen LogP contribution in [-0.2, 0) is 6.42 Å². The molecule has 0 bridgehead atoms. The summed E-state index contributed by atoms with van der Waals surface area (Å²) in [6, 6.07) is 9.31. The second-order valence-corrected chi connectivity index (χ2v) is 5.91. The Morgan fingerprint density at radius 3 is 2.80 bits per heavy atom. The van der Waals surface area contributed by atoms with Crippen LogP contribution in [0.5, 0.6) is 0 Å². The zero-order valence-corrected chi connectivity index (χ0v) is 13.7. The van der Waals surface area contributed by atoms with Crippen molar-refractivity contribution in [2.75, 3.05) is 11.9 Å². The number of hydrogen-bond acceptors (Lipinski definition) is 4. The van der Waals surface area contributed by atoms with Crippen molar-refractivity contribution in [3.63, 3.8) is 0 Å². The summed E-state index contributed by atoms with van der Waals surface area (Å²) in [6.07, 6.45) is 2.52. The van der Waals surface area contributed by atoms with Crippen LogP contribution >= 0.6 is 11.6 Å². The highest BCUT2D eigenvalue weighted by Gasteiger charge is 2.16. The normalized spacial score (nSPS) is 10.8. The van der Waals surface area contributed by atoms with Crippen LogP contribution in [0.3, 0.4) is 0 Å². The Bertz CT molecular complexity index is 968. The molecule has 3 aromatic rings. The Labute approximate surface area is 147 Å². The molecule has 0 aliphatic heterocycles. The van der Waals surface area contributed by atoms with Gasteiger partial charge in [-0.25, -0.2) is 4.79 Å². The van der Waals surface area contributed by atoms with Gasteiger partial charge in [-0.2, -0.15) is 0 Å². The Hall–Kier alpha value is -3.06. The zero-order valence-electron chi connectivity index (χ0n) is 13.0. The lowest BCUT2D eigenvalue weighted by Gasteiger charge is -2.09. The standard InChI is InChI=1S/C17H14ClN3O4/c18-11-1-3-15-13(7-11)10(9-20-15)5-6-19-16-4-2-12(21(24)25)8-14(16)17(22)23/h1-4,7-9,19-20H,5-6H2,(H,22,23). The number of aromatic amines is 1. The van der Waals surface area contributed by atoms with Crippen LogP contribution in [-0.4, -0.2) is 27.5 Å². The van der Waals surface area contributed by atoms with Crippen LogP contribution in [0, 0.1) is 10.1 Å². The first-order valence-electron chi connectivity index (χ1n) is 7.47. The highest BCUT2D eigenvalue weighted by molar-refractivity contribution is 6.31. The minimum atomic E-state index is -1.22. The summed E-state index contributed by atoms with van der Waals surface area (Å²) in [5.74, 6) is -1.22. The lowest BCUT2D eigenvalue weighted by Crippen LogP contribution is -2.10. The summed E-state index contributed by atoms with van der Waals surface area (Å²) in [7, 11) is 0. The van der Waals surface area contributed by atoms with E-state index in [-0.39, 0.29) is 11.3 Å². The topological polar surface area (TPSA) is 108 Å². The molecular weight excluding hydrogens is 346 g/mol. The number of rotatable bonds is 6. The van der Waals surface area contributed by atoms with E-state index in [9.17, 15) is 20.0 Å². The molecule has 25 heavy (non-hydrogen) atoms. The molecule has 0 amide bonds. The molecule has 2 aromatic carbocycles. The van der Waals surface area contributed by atoms with Crippen molar-refractivity contribution in [2.24, 2.45) is 0 Å². The molecule has 7 nitrogen and oxygen atoms in total. The summed E-state index contributed by atoms with van der Waals surface area (Å²) < 4.78 is 0. The number of halogens is 1. The molecule has 3 rings (SSSR count). The molecule has 128 valence electrons. The molecular formula is C17H14ClN3O4. The number of carbonyl (C=O) groups is 1. The highest BCUT2D eigenvalue weighted by Crippen LogP contribution is 2.24. The number of carboxylic acids is 1. The summed E-state index contributed by atoms with van der Waals surface area (Å²) in [5.41, 5.74) is 1.98. The van der Waals surface area contributed by atoms with Crippen molar-refractivity contribution >= 4 is 39.8 Å². The van der Waals surface area contributed by atoms with Crippen LogP contribution in [0.2, 0.25) is 5.02 Å². The number of anilines is 1. The molecule has 0 unspecified atom stereocenters. The van der Waals surface area contributed by atoms with Crippen LogP contribution < -0.4 is 5.32 Å². The van der Waals surface area contributed by atoms with Gasteiger partial charge in [0.15, 0.2) is 0 Å². The molecule has 1 aromatic heterocycles. The third-order valence-electron chi connectivity index (χ3n) is 3.88. The van der Waals surface area contributed by atoms with Crippen molar-refractivity contribution in [2.45, 2.75) is 6.42 Å². The minimum absolute atomic E-state index is 0.129. The van der Waals surface area contributed by atoms with E-state index in [0.717, 1.165) is 22.5 Å². The van der Waals surface area contributed by atoms with E-state index in [1.807, 2.05) is 18.3 Å². The number of aromatic carboxylic acids is 1. The van der Waals surface area contributed by atoms with Crippen molar-refractivity contribution in [1.82, 2.24) is 4.98 Å². The Morgan fingerprint density at radius 1 is 1.28 bits per heavy atom. The first kappa shape index (κ1) is 16.8. The number of nitro benzene ring substituents is 1. The number of carboxylic acid groups (broad SMARTS) is 1. The molecule has 0 atom stereocenters. The molecule has 8 heteroatoms. The molecule has 0 saturated heterocycles. The minimum Gasteiger partial charge on any atom is -0.478 e. The van der Waals surface area contributed by atoms with Gasteiger partial charge in [0.25, 0.3) is 5.69 Å². The smallest absolute Gasteiger partial charge is 0.338 e. The van der Waals surface area contributed by atoms with Crippen molar-refractivity contribution in [3.05, 3.63) is 68.9 Å². The molecule has 0 radical (unpaired) electrons. The summed E-state index contributed by atoms with van der Waals surface area (Å²) in [5, 5.41) is 24.7. The number of non-ortho nitro benzene ring substituents is 1. The average Bonchev–Trinajstić information content (AvgIpc) is 2.97. The second kappa shape index (κ2) is 6.82. The largest absolute Gasteiger partial charge is 0.478 e. The van der Waals surface area contributed by atoms with Gasteiger partial charge in [-0.1, -0.05) is 11.6 Å². The van der Waals surface area contributed by atoms with E-state index in [4.69, 9.17) is 11.6 Å². The highest BCUT2D eigenvalue weighted by atomic mass is 35.5. The third kappa shape index (κ3) is 3.56. The van der Waals surface area contributed by atoms with Gasteiger partial charge in [-0.3, -0.25) is 10.1 Å². The Balaban J connectivity index is 1.76. The van der Waals surface area contributed by atoms with Crippen LogP contribution in [0.15, 0.2) is 42.6 Å². The van der Waals surface area contributed by atoms with Crippen LogP contribution in [0.4, 0.5) is 11.4 Å². The van der Waals surface area contributed by atoms with Gasteiger partial charge >= 0.3 is 5.97 Å². The van der Waals surface area contributed by atoms with E-state index in [1.165, 1.54) is 12.1 Å². The number of aromatic nitrogens is 1. The van der Waals surface area contributed by atoms with Crippen molar-refractivity contribution in [3.8, 4) is 0 Å². The predicted molar refractivity (Wildman–Crippen MR) is 95.6 cm³/mol. The SMILES string of the molecule is O=C(O)c1cc([N+](=O)[O-])ccc1NCCc1c[nH]c2ccc(Cl)cc12. The van der Waals surface area contributed by atoms with Gasteiger partial charge in [-0.15, -0.1) is 0 Å². The number of nitrogens with zero attached hydrogens (tertiary/aromatic N) is 1. The second-order valence-electron chi connectivity index (χ2n) is 5.47. The lowest BCUT2D eigenvalue weighted by molar-refractivity contribution is -0.384. The first-order valence-corrected chi connectivity index (χ1v) is 7.84. The number of benzene rings is 2. The Kier molecular flexibility index (Phi) is 4.58. The third-order valence-corrected chi connectivity index (χ3v) is 4.12. The maximum absolute atomic E-state index is 11.3. The van der Waals surface area contributed by atoms with Gasteiger partial charge < -0.3 is 15.4 Å². The molecule has 0 spiro atoms. The number of fused-ring (bicyclic) bond motifs is 1. The predicted octanol–water partition coefficient (Wildman–Crippen LogP) is 4.08. The summed E-state index contributed by atoms with van der Waals surface area (Å²) >= 11 is 6.02. The quantitative estimate of drug-likeness (QED) is 0.454. The molecule has 0 saturated carbocycles. The van der Waals surface area contributed by atoms with Gasteiger partial charge in [0.1, 0.15) is 0 Å². The number of nitro groups is 1. The van der Waals surface area contributed by atoms with E-state index in [1.54, 1.807) is 6.07 Å². The van der Waals surface area contributed by atoms with Gasteiger partial charge in [0, 0.05) is 46.5 Å². The molecule has 0 aliphatic rings. The number of H-pyrrole nitrogens is 1. The van der Waals surface area contributed by atoms with Crippen LogP contribution in [0.1, 0.15) is 15.9 Å². The monoisotopic (exact) mass is 359 g/mol. The molecule has 1 heterocycles. The average molecular weight is 360 g/mol. The fourth-order valence-corrected chi connectivity index (χ4v) is 2.84. The molecule has 3 N–H and O–H groups in total. The Morgan fingerprint density at radius 2 is 2.08 bits per heavy atom. The maximum atomic E-state index is 11.3. The van der Waals surface area contributed by atoms with Crippen molar-refractivity contribution < 1.29 is 14.8 Å². The zero-order chi connectivity index (χ0) is 18.0. The lowest BCUT2D eigenvalue weighted by atomic mass is 10.1. The molecule has 0 fully saturated rings. The number of nitrogens with one attached hydrogen (secondary N) is 2. The van der Waals surface area contributed by atoms with E-state index < -0.39 is 10.9 Å². The fourth-order valence-electron chi connectivity index (χ4n) is 2.67. The van der Waals surface area contributed by atoms with Crippen LogP contribution in [0.25, 0.3) is 10.9 Å². The first-order chi connectivity index (χ1) is 12.0. The van der Waals surface area contributed by atoms with E-state index in [0.29, 0.717) is 23.7 Å².